The van der Waals surface area contributed by atoms with Crippen LogP contribution >= 0.6 is 0 Å². The highest BCUT2D eigenvalue weighted by Crippen LogP contribution is 2.33. The standard InChI is InChI=1S/C21H24N4O/c1-3-26-16-8-10-25(13-16)20-11-14(2)24-19-12-15(6-7-17(19)20)21-18(22)5-4-9-23-21/h4-7,9,11-12,16H,3,8,10,13,22H2,1-2H3. The van der Waals surface area contributed by atoms with E-state index in [-0.39, 0.29) is 0 Å². The number of hydrogen-bond donors (Lipinski definition) is 1. The molecule has 5 nitrogen and oxygen atoms in total. The molecule has 1 aromatic carbocycles. The van der Waals surface area contributed by atoms with Crippen molar-refractivity contribution in [1.29, 1.82) is 0 Å². The van der Waals surface area contributed by atoms with E-state index in [1.54, 1.807) is 6.20 Å². The lowest BCUT2D eigenvalue weighted by Gasteiger charge is -2.21. The van der Waals surface area contributed by atoms with Crippen LogP contribution in [0.25, 0.3) is 22.2 Å². The predicted octanol–water partition coefficient (Wildman–Crippen LogP) is 3.80. The summed E-state index contributed by atoms with van der Waals surface area (Å²) in [6.45, 7) is 6.81. The lowest BCUT2D eigenvalue weighted by molar-refractivity contribution is 0.0788. The van der Waals surface area contributed by atoms with Gasteiger partial charge in [0.15, 0.2) is 0 Å². The number of fused-ring (bicyclic) bond motifs is 1. The summed E-state index contributed by atoms with van der Waals surface area (Å²) in [5, 5.41) is 1.16. The Hall–Kier alpha value is -2.66. The Morgan fingerprint density at radius 1 is 1.27 bits per heavy atom. The number of anilines is 2. The van der Waals surface area contributed by atoms with Crippen molar-refractivity contribution in [2.45, 2.75) is 26.4 Å². The van der Waals surface area contributed by atoms with E-state index in [1.165, 1.54) is 5.69 Å². The molecular weight excluding hydrogens is 324 g/mol. The van der Waals surface area contributed by atoms with Crippen molar-refractivity contribution < 1.29 is 4.74 Å². The molecule has 1 fully saturated rings. The molecule has 1 atom stereocenters. The van der Waals surface area contributed by atoms with Crippen molar-refractivity contribution >= 4 is 22.3 Å². The molecule has 3 aromatic rings. The van der Waals surface area contributed by atoms with Crippen molar-refractivity contribution in [3.05, 3.63) is 48.3 Å². The van der Waals surface area contributed by atoms with E-state index in [9.17, 15) is 0 Å². The van der Waals surface area contributed by atoms with Crippen LogP contribution in [0.5, 0.6) is 0 Å². The summed E-state index contributed by atoms with van der Waals surface area (Å²) in [6.07, 6.45) is 3.15. The quantitative estimate of drug-likeness (QED) is 0.777. The second kappa shape index (κ2) is 6.92. The fourth-order valence-corrected chi connectivity index (χ4v) is 3.73. The lowest BCUT2D eigenvalue weighted by atomic mass is 10.0. The number of nitrogens with two attached hydrogens (primary N) is 1. The molecular formula is C21H24N4O. The van der Waals surface area contributed by atoms with Gasteiger partial charge in [-0.3, -0.25) is 9.97 Å². The summed E-state index contributed by atoms with van der Waals surface area (Å²) in [4.78, 5) is 11.6. The number of nitrogen functional groups attached to an aromatic ring is 1. The van der Waals surface area contributed by atoms with Crippen LogP contribution in [0.4, 0.5) is 11.4 Å². The van der Waals surface area contributed by atoms with Crippen molar-refractivity contribution in [3.8, 4) is 11.3 Å². The fourth-order valence-electron chi connectivity index (χ4n) is 3.73. The normalized spacial score (nSPS) is 17.2. The van der Waals surface area contributed by atoms with Gasteiger partial charge in [-0.1, -0.05) is 12.1 Å². The minimum Gasteiger partial charge on any atom is -0.397 e. The highest BCUT2D eigenvalue weighted by molar-refractivity contribution is 5.95. The number of rotatable bonds is 4. The zero-order valence-corrected chi connectivity index (χ0v) is 15.3. The van der Waals surface area contributed by atoms with E-state index in [1.807, 2.05) is 19.1 Å². The Morgan fingerprint density at radius 2 is 2.15 bits per heavy atom. The maximum atomic E-state index is 6.09. The van der Waals surface area contributed by atoms with E-state index in [0.717, 1.165) is 54.0 Å². The summed E-state index contributed by atoms with van der Waals surface area (Å²) in [5.74, 6) is 0. The zero-order chi connectivity index (χ0) is 18.1. The molecule has 1 aliphatic rings. The molecule has 3 heterocycles. The number of benzene rings is 1. The van der Waals surface area contributed by atoms with Gasteiger partial charge in [-0.05, 0) is 44.5 Å². The molecule has 0 spiro atoms. The zero-order valence-electron chi connectivity index (χ0n) is 15.3. The Bertz CT molecular complexity index is 940. The topological polar surface area (TPSA) is 64.3 Å². The summed E-state index contributed by atoms with van der Waals surface area (Å²) in [5.41, 5.74) is 11.8. The average molecular weight is 348 g/mol. The molecule has 5 heteroatoms. The fraction of sp³-hybridized carbons (Fsp3) is 0.333. The van der Waals surface area contributed by atoms with Crippen LogP contribution in [0, 0.1) is 6.92 Å². The van der Waals surface area contributed by atoms with Crippen LogP contribution in [0.2, 0.25) is 0 Å². The largest absolute Gasteiger partial charge is 0.397 e. The third-order valence-electron chi connectivity index (χ3n) is 4.92. The van der Waals surface area contributed by atoms with E-state index >= 15 is 0 Å². The summed E-state index contributed by atoms with van der Waals surface area (Å²) >= 11 is 0. The highest BCUT2D eigenvalue weighted by atomic mass is 16.5. The van der Waals surface area contributed by atoms with Crippen molar-refractivity contribution in [2.24, 2.45) is 0 Å². The molecule has 4 rings (SSSR count). The average Bonchev–Trinajstić information content (AvgIpc) is 3.10. The highest BCUT2D eigenvalue weighted by Gasteiger charge is 2.24. The molecule has 0 bridgehead atoms. The molecule has 134 valence electrons. The van der Waals surface area contributed by atoms with Crippen molar-refractivity contribution in [3.63, 3.8) is 0 Å². The SMILES string of the molecule is CCOC1CCN(c2cc(C)nc3cc(-c4ncccc4N)ccc23)C1. The molecule has 26 heavy (non-hydrogen) atoms. The lowest BCUT2D eigenvalue weighted by Crippen LogP contribution is -2.23. The van der Waals surface area contributed by atoms with E-state index in [2.05, 4.69) is 41.1 Å². The van der Waals surface area contributed by atoms with Gasteiger partial charge in [0.05, 0.1) is 23.0 Å². The van der Waals surface area contributed by atoms with Crippen LogP contribution in [-0.4, -0.2) is 35.8 Å². The third-order valence-corrected chi connectivity index (χ3v) is 4.92. The molecule has 2 aromatic heterocycles. The first-order valence-corrected chi connectivity index (χ1v) is 9.14. The monoisotopic (exact) mass is 348 g/mol. The van der Waals surface area contributed by atoms with E-state index in [4.69, 9.17) is 15.5 Å². The molecule has 2 N–H and O–H groups in total. The minimum absolute atomic E-state index is 0.316. The summed E-state index contributed by atoms with van der Waals surface area (Å²) in [6, 6.07) is 12.2. The van der Waals surface area contributed by atoms with E-state index < -0.39 is 0 Å². The number of aromatic nitrogens is 2. The molecule has 0 saturated carbocycles. The van der Waals surface area contributed by atoms with E-state index in [0.29, 0.717) is 11.8 Å². The van der Waals surface area contributed by atoms with Crippen LogP contribution in [-0.2, 0) is 4.74 Å². The maximum Gasteiger partial charge on any atom is 0.0931 e. The summed E-state index contributed by atoms with van der Waals surface area (Å²) < 4.78 is 5.81. The van der Waals surface area contributed by atoms with Crippen LogP contribution in [0.15, 0.2) is 42.6 Å². The Balaban J connectivity index is 1.75. The first-order chi connectivity index (χ1) is 12.7. The van der Waals surface area contributed by atoms with Gasteiger partial charge in [0.25, 0.3) is 0 Å². The Labute approximate surface area is 153 Å². The molecule has 1 aliphatic heterocycles. The van der Waals surface area contributed by atoms with Crippen molar-refractivity contribution in [2.75, 3.05) is 30.3 Å². The van der Waals surface area contributed by atoms with Gasteiger partial charge >= 0.3 is 0 Å². The molecule has 1 unspecified atom stereocenters. The predicted molar refractivity (Wildman–Crippen MR) is 106 cm³/mol. The maximum absolute atomic E-state index is 6.09. The molecule has 0 radical (unpaired) electrons. The summed E-state index contributed by atoms with van der Waals surface area (Å²) in [7, 11) is 0. The first kappa shape index (κ1) is 16.8. The minimum atomic E-state index is 0.316. The van der Waals surface area contributed by atoms with Gasteiger partial charge in [-0.2, -0.15) is 0 Å². The molecule has 0 aliphatic carbocycles. The van der Waals surface area contributed by atoms with Gasteiger partial charge in [-0.15, -0.1) is 0 Å². The van der Waals surface area contributed by atoms with Crippen LogP contribution in [0.1, 0.15) is 19.0 Å². The van der Waals surface area contributed by atoms with Gasteiger partial charge in [0.2, 0.25) is 0 Å². The first-order valence-electron chi connectivity index (χ1n) is 9.14. The van der Waals surface area contributed by atoms with Crippen LogP contribution in [0.3, 0.4) is 0 Å². The molecule has 0 amide bonds. The van der Waals surface area contributed by atoms with Gasteiger partial charge in [-0.25, -0.2) is 0 Å². The van der Waals surface area contributed by atoms with Gasteiger partial charge in [0.1, 0.15) is 0 Å². The number of ether oxygens (including phenoxy) is 1. The van der Waals surface area contributed by atoms with Gasteiger partial charge in [0, 0.05) is 48.2 Å². The number of hydrogen-bond acceptors (Lipinski definition) is 5. The number of nitrogens with zero attached hydrogens (tertiary/aromatic N) is 3. The molecule has 1 saturated heterocycles. The second-order valence-electron chi connectivity index (χ2n) is 6.77. The van der Waals surface area contributed by atoms with Gasteiger partial charge < -0.3 is 15.4 Å². The number of aryl methyl sites for hydroxylation is 1. The van der Waals surface area contributed by atoms with Crippen molar-refractivity contribution in [1.82, 2.24) is 9.97 Å². The third kappa shape index (κ3) is 3.10. The Kier molecular flexibility index (Phi) is 4.47. The smallest absolute Gasteiger partial charge is 0.0931 e. The second-order valence-corrected chi connectivity index (χ2v) is 6.77. The van der Waals surface area contributed by atoms with Crippen LogP contribution < -0.4 is 10.6 Å². The Morgan fingerprint density at radius 3 is 2.96 bits per heavy atom. The number of pyridine rings is 2.